The van der Waals surface area contributed by atoms with Gasteiger partial charge in [0, 0.05) is 37.9 Å². The third-order valence-corrected chi connectivity index (χ3v) is 5.73. The smallest absolute Gasteiger partial charge is 0.319 e. The predicted molar refractivity (Wildman–Crippen MR) is 114 cm³/mol. The molecule has 1 aliphatic heterocycles. The first-order valence-electron chi connectivity index (χ1n) is 9.79. The van der Waals surface area contributed by atoms with Gasteiger partial charge in [0.05, 0.1) is 31.3 Å². The van der Waals surface area contributed by atoms with Crippen molar-refractivity contribution in [1.82, 2.24) is 10.2 Å². The maximum Gasteiger partial charge on any atom is 0.319 e. The van der Waals surface area contributed by atoms with E-state index in [1.807, 2.05) is 0 Å². The number of carbonyl (C=O) groups is 1. The summed E-state index contributed by atoms with van der Waals surface area (Å²) in [6.07, 6.45) is -0.0476. The lowest BCUT2D eigenvalue weighted by Crippen LogP contribution is -2.48. The standard InChI is InChI=1S/C19H32N4O5S/c1-5-29(25,26)22-17-7-6-15(10-18(17)27-4)21-19(24)20-11-16-13-23(8-9-28-16)12-14(2)3/h6-7,10,14,16,22H,5,8-9,11-13H2,1-4H3,(H2,20,21,24). The van der Waals surface area contributed by atoms with E-state index in [4.69, 9.17) is 9.47 Å². The van der Waals surface area contributed by atoms with Crippen molar-refractivity contribution in [3.8, 4) is 5.75 Å². The molecule has 1 fully saturated rings. The number of nitrogens with one attached hydrogen (secondary N) is 3. The highest BCUT2D eigenvalue weighted by Crippen LogP contribution is 2.28. The maximum absolute atomic E-state index is 12.2. The summed E-state index contributed by atoms with van der Waals surface area (Å²) in [5, 5.41) is 5.55. The van der Waals surface area contributed by atoms with E-state index in [0.717, 1.165) is 19.6 Å². The Kier molecular flexibility index (Phi) is 8.54. The lowest BCUT2D eigenvalue weighted by molar-refractivity contribution is -0.0288. The minimum Gasteiger partial charge on any atom is -0.494 e. The highest BCUT2D eigenvalue weighted by molar-refractivity contribution is 7.92. The molecule has 2 rings (SSSR count). The van der Waals surface area contributed by atoms with Gasteiger partial charge in [-0.2, -0.15) is 0 Å². The van der Waals surface area contributed by atoms with Crippen molar-refractivity contribution in [3.05, 3.63) is 18.2 Å². The van der Waals surface area contributed by atoms with Gasteiger partial charge in [-0.25, -0.2) is 13.2 Å². The van der Waals surface area contributed by atoms with Crippen LogP contribution in [-0.4, -0.2) is 71.1 Å². The Bertz CT molecular complexity index is 785. The molecule has 1 heterocycles. The third-order valence-electron chi connectivity index (χ3n) is 4.44. The number of amides is 2. The summed E-state index contributed by atoms with van der Waals surface area (Å²) in [5.74, 6) is 0.862. The fourth-order valence-electron chi connectivity index (χ4n) is 3.06. The number of urea groups is 1. The highest BCUT2D eigenvalue weighted by atomic mass is 32.2. The second-order valence-corrected chi connectivity index (χ2v) is 9.41. The Morgan fingerprint density at radius 2 is 2.14 bits per heavy atom. The molecule has 1 aliphatic rings. The Morgan fingerprint density at radius 3 is 2.79 bits per heavy atom. The molecule has 2 amide bonds. The maximum atomic E-state index is 12.2. The lowest BCUT2D eigenvalue weighted by Gasteiger charge is -2.33. The summed E-state index contributed by atoms with van der Waals surface area (Å²) in [6.45, 7) is 9.70. The van der Waals surface area contributed by atoms with Crippen molar-refractivity contribution in [2.75, 3.05) is 55.7 Å². The molecule has 0 radical (unpaired) electrons. The van der Waals surface area contributed by atoms with Gasteiger partial charge in [0.15, 0.2) is 0 Å². The van der Waals surface area contributed by atoms with Crippen LogP contribution in [0.1, 0.15) is 20.8 Å². The minimum absolute atomic E-state index is 0.0452. The summed E-state index contributed by atoms with van der Waals surface area (Å²) in [7, 11) is -1.99. The van der Waals surface area contributed by atoms with Crippen molar-refractivity contribution in [2.45, 2.75) is 26.9 Å². The average Bonchev–Trinajstić information content (AvgIpc) is 2.67. The van der Waals surface area contributed by atoms with Crippen LogP contribution in [0, 0.1) is 5.92 Å². The summed E-state index contributed by atoms with van der Waals surface area (Å²) < 4.78 is 36.9. The fourth-order valence-corrected chi connectivity index (χ4v) is 3.71. The molecule has 9 nitrogen and oxygen atoms in total. The van der Waals surface area contributed by atoms with Gasteiger partial charge >= 0.3 is 6.03 Å². The molecular formula is C19H32N4O5S. The molecule has 0 saturated carbocycles. The minimum atomic E-state index is -3.42. The van der Waals surface area contributed by atoms with Crippen molar-refractivity contribution < 1.29 is 22.7 Å². The van der Waals surface area contributed by atoms with E-state index in [2.05, 4.69) is 34.1 Å². The Morgan fingerprint density at radius 1 is 1.38 bits per heavy atom. The first-order chi connectivity index (χ1) is 13.7. The van der Waals surface area contributed by atoms with Crippen LogP contribution in [0.5, 0.6) is 5.75 Å². The monoisotopic (exact) mass is 428 g/mol. The van der Waals surface area contributed by atoms with Gasteiger partial charge in [0.2, 0.25) is 10.0 Å². The van der Waals surface area contributed by atoms with Gasteiger partial charge in [-0.3, -0.25) is 9.62 Å². The first-order valence-corrected chi connectivity index (χ1v) is 11.4. The van der Waals surface area contributed by atoms with Crippen molar-refractivity contribution in [3.63, 3.8) is 0 Å². The first kappa shape index (κ1) is 23.2. The second-order valence-electron chi connectivity index (χ2n) is 7.40. The van der Waals surface area contributed by atoms with Gasteiger partial charge in [-0.05, 0) is 25.0 Å². The molecule has 1 aromatic rings. The molecule has 1 saturated heterocycles. The normalized spacial score (nSPS) is 17.8. The van der Waals surface area contributed by atoms with Crippen LogP contribution < -0.4 is 20.1 Å². The van der Waals surface area contributed by atoms with Crippen LogP contribution in [0.25, 0.3) is 0 Å². The summed E-state index contributed by atoms with van der Waals surface area (Å²) in [4.78, 5) is 14.6. The van der Waals surface area contributed by atoms with Gasteiger partial charge in [-0.15, -0.1) is 0 Å². The molecule has 1 unspecified atom stereocenters. The molecule has 0 bridgehead atoms. The van der Waals surface area contributed by atoms with E-state index in [9.17, 15) is 13.2 Å². The molecule has 0 aromatic heterocycles. The molecule has 1 aromatic carbocycles. The van der Waals surface area contributed by atoms with E-state index in [1.54, 1.807) is 25.1 Å². The molecular weight excluding hydrogens is 396 g/mol. The number of benzene rings is 1. The van der Waals surface area contributed by atoms with E-state index < -0.39 is 10.0 Å². The van der Waals surface area contributed by atoms with E-state index >= 15 is 0 Å². The van der Waals surface area contributed by atoms with Crippen LogP contribution in [0.2, 0.25) is 0 Å². The number of sulfonamides is 1. The third kappa shape index (κ3) is 7.71. The molecule has 10 heteroatoms. The second kappa shape index (κ2) is 10.7. The van der Waals surface area contributed by atoms with Gasteiger partial charge < -0.3 is 20.1 Å². The Balaban J connectivity index is 1.88. The zero-order valence-corrected chi connectivity index (χ0v) is 18.3. The van der Waals surface area contributed by atoms with E-state index in [-0.39, 0.29) is 17.9 Å². The average molecular weight is 429 g/mol. The number of methoxy groups -OCH3 is 1. The van der Waals surface area contributed by atoms with Crippen LogP contribution in [0.4, 0.5) is 16.2 Å². The molecule has 29 heavy (non-hydrogen) atoms. The predicted octanol–water partition coefficient (Wildman–Crippen LogP) is 1.94. The van der Waals surface area contributed by atoms with Crippen molar-refractivity contribution >= 4 is 27.4 Å². The number of carbonyl (C=O) groups excluding carboxylic acids is 1. The molecule has 0 spiro atoms. The van der Waals surface area contributed by atoms with Gasteiger partial charge in [0.25, 0.3) is 0 Å². The lowest BCUT2D eigenvalue weighted by atomic mass is 10.2. The SMILES string of the molecule is CCS(=O)(=O)Nc1ccc(NC(=O)NCC2CN(CC(C)C)CCO2)cc1OC. The van der Waals surface area contributed by atoms with Crippen molar-refractivity contribution in [1.29, 1.82) is 0 Å². The van der Waals surface area contributed by atoms with Crippen LogP contribution in [0.15, 0.2) is 18.2 Å². The molecule has 1 atom stereocenters. The van der Waals surface area contributed by atoms with Gasteiger partial charge in [-0.1, -0.05) is 13.8 Å². The molecule has 164 valence electrons. The number of morpholine rings is 1. The van der Waals surface area contributed by atoms with Crippen LogP contribution in [-0.2, 0) is 14.8 Å². The quantitative estimate of drug-likeness (QED) is 0.555. The topological polar surface area (TPSA) is 109 Å². The number of ether oxygens (including phenoxy) is 2. The van der Waals surface area contributed by atoms with Crippen LogP contribution in [0.3, 0.4) is 0 Å². The van der Waals surface area contributed by atoms with E-state index in [1.165, 1.54) is 7.11 Å². The highest BCUT2D eigenvalue weighted by Gasteiger charge is 2.21. The van der Waals surface area contributed by atoms with Crippen LogP contribution >= 0.6 is 0 Å². The zero-order valence-electron chi connectivity index (χ0n) is 17.5. The largest absolute Gasteiger partial charge is 0.494 e. The number of hydrogen-bond acceptors (Lipinski definition) is 6. The number of nitrogens with zero attached hydrogens (tertiary/aromatic N) is 1. The zero-order chi connectivity index (χ0) is 21.4. The van der Waals surface area contributed by atoms with Gasteiger partial charge in [0.1, 0.15) is 5.75 Å². The summed E-state index contributed by atoms with van der Waals surface area (Å²) >= 11 is 0. The van der Waals surface area contributed by atoms with E-state index in [0.29, 0.717) is 36.2 Å². The number of rotatable bonds is 9. The van der Waals surface area contributed by atoms with Crippen molar-refractivity contribution in [2.24, 2.45) is 5.92 Å². The number of hydrogen-bond donors (Lipinski definition) is 3. The fraction of sp³-hybridized carbons (Fsp3) is 0.632. The Hall–Kier alpha value is -2.04. The Labute approximate surface area is 173 Å². The molecule has 0 aliphatic carbocycles. The summed E-state index contributed by atoms with van der Waals surface area (Å²) in [5.41, 5.74) is 0.811. The number of anilines is 2. The molecule has 3 N–H and O–H groups in total. The summed E-state index contributed by atoms with van der Waals surface area (Å²) in [6, 6.07) is 4.36.